The van der Waals surface area contributed by atoms with Crippen molar-refractivity contribution in [1.82, 2.24) is 0 Å². The molecule has 0 atom stereocenters. The fourth-order valence-electron chi connectivity index (χ4n) is 2.25. The normalized spacial score (nSPS) is 10.4. The van der Waals surface area contributed by atoms with E-state index in [1.54, 1.807) is 24.3 Å². The van der Waals surface area contributed by atoms with E-state index in [0.717, 1.165) is 5.56 Å². The first-order valence-corrected chi connectivity index (χ1v) is 6.39. The third kappa shape index (κ3) is 2.28. The molecule has 3 aromatic rings. The van der Waals surface area contributed by atoms with Gasteiger partial charge in [-0.25, -0.2) is 4.39 Å². The Balaban J connectivity index is 2.07. The number of phenolic OH excluding ortho intramolecular Hbond substituents is 1. The van der Waals surface area contributed by atoms with E-state index in [2.05, 4.69) is 0 Å². The molecule has 0 spiro atoms. The highest BCUT2D eigenvalue weighted by atomic mass is 19.1. The van der Waals surface area contributed by atoms with E-state index >= 15 is 0 Å². The molecule has 0 unspecified atom stereocenters. The van der Waals surface area contributed by atoms with Crippen LogP contribution in [-0.2, 0) is 0 Å². The first kappa shape index (κ1) is 12.4. The summed E-state index contributed by atoms with van der Waals surface area (Å²) in [5.41, 5.74) is 2.70. The van der Waals surface area contributed by atoms with E-state index in [4.69, 9.17) is 0 Å². The zero-order chi connectivity index (χ0) is 13.9. The van der Waals surface area contributed by atoms with Gasteiger partial charge in [0.2, 0.25) is 0 Å². The molecule has 0 aliphatic rings. The minimum Gasteiger partial charge on any atom is -0.507 e. The van der Waals surface area contributed by atoms with Crippen molar-refractivity contribution in [3.05, 3.63) is 78.6 Å². The van der Waals surface area contributed by atoms with E-state index in [-0.39, 0.29) is 11.6 Å². The third-order valence-corrected chi connectivity index (χ3v) is 3.27. The standard InChI is InChI=1S/C18H13FO/c19-17-12-14(16-8-4-5-9-18(16)20)10-11-15(17)13-6-2-1-3-7-13/h1-12,20H. The molecule has 0 aliphatic heterocycles. The van der Waals surface area contributed by atoms with Crippen LogP contribution in [0.5, 0.6) is 5.75 Å². The van der Waals surface area contributed by atoms with Crippen LogP contribution in [0.1, 0.15) is 0 Å². The SMILES string of the molecule is Oc1ccccc1-c1ccc(-c2ccccc2)c(F)c1. The number of rotatable bonds is 2. The van der Waals surface area contributed by atoms with Crippen molar-refractivity contribution in [2.75, 3.05) is 0 Å². The van der Waals surface area contributed by atoms with E-state index in [9.17, 15) is 9.50 Å². The van der Waals surface area contributed by atoms with E-state index in [1.165, 1.54) is 6.07 Å². The number of benzene rings is 3. The lowest BCUT2D eigenvalue weighted by molar-refractivity contribution is 0.477. The Morgan fingerprint density at radius 1 is 0.650 bits per heavy atom. The van der Waals surface area contributed by atoms with Crippen molar-refractivity contribution in [2.45, 2.75) is 0 Å². The highest BCUT2D eigenvalue weighted by Crippen LogP contribution is 2.32. The largest absolute Gasteiger partial charge is 0.507 e. The molecule has 0 amide bonds. The van der Waals surface area contributed by atoms with E-state index in [0.29, 0.717) is 16.7 Å². The van der Waals surface area contributed by atoms with Crippen LogP contribution < -0.4 is 0 Å². The van der Waals surface area contributed by atoms with Crippen molar-refractivity contribution < 1.29 is 9.50 Å². The van der Waals surface area contributed by atoms with Crippen LogP contribution in [0.3, 0.4) is 0 Å². The molecular weight excluding hydrogens is 251 g/mol. The zero-order valence-electron chi connectivity index (χ0n) is 10.8. The van der Waals surface area contributed by atoms with Gasteiger partial charge in [-0.3, -0.25) is 0 Å². The molecule has 0 fully saturated rings. The fraction of sp³-hybridized carbons (Fsp3) is 0. The molecule has 2 heteroatoms. The Kier molecular flexibility index (Phi) is 3.21. The lowest BCUT2D eigenvalue weighted by Gasteiger charge is -2.08. The number of hydrogen-bond donors (Lipinski definition) is 1. The maximum atomic E-state index is 14.3. The van der Waals surface area contributed by atoms with Crippen LogP contribution in [0, 0.1) is 5.82 Å². The topological polar surface area (TPSA) is 20.2 Å². The fourth-order valence-corrected chi connectivity index (χ4v) is 2.25. The van der Waals surface area contributed by atoms with Crippen LogP contribution in [0.2, 0.25) is 0 Å². The summed E-state index contributed by atoms with van der Waals surface area (Å²) in [5, 5.41) is 9.82. The maximum absolute atomic E-state index is 14.3. The van der Waals surface area contributed by atoms with Gasteiger partial charge in [0, 0.05) is 11.1 Å². The Bertz CT molecular complexity index is 735. The van der Waals surface area contributed by atoms with Gasteiger partial charge in [0.1, 0.15) is 11.6 Å². The Hall–Kier alpha value is -2.61. The van der Waals surface area contributed by atoms with Crippen LogP contribution >= 0.6 is 0 Å². The predicted octanol–water partition coefficient (Wildman–Crippen LogP) is 4.87. The quantitative estimate of drug-likeness (QED) is 0.700. The summed E-state index contributed by atoms with van der Waals surface area (Å²) >= 11 is 0. The second-order valence-corrected chi connectivity index (χ2v) is 4.58. The van der Waals surface area contributed by atoms with Gasteiger partial charge < -0.3 is 5.11 Å². The van der Waals surface area contributed by atoms with Crippen molar-refractivity contribution in [2.24, 2.45) is 0 Å². The van der Waals surface area contributed by atoms with Gasteiger partial charge >= 0.3 is 0 Å². The van der Waals surface area contributed by atoms with Crippen molar-refractivity contribution >= 4 is 0 Å². The Morgan fingerprint density at radius 3 is 2.05 bits per heavy atom. The molecule has 0 heterocycles. The minimum atomic E-state index is -0.294. The highest BCUT2D eigenvalue weighted by Gasteiger charge is 2.09. The number of halogens is 1. The van der Waals surface area contributed by atoms with Gasteiger partial charge in [-0.15, -0.1) is 0 Å². The molecular formula is C18H13FO. The monoisotopic (exact) mass is 264 g/mol. The molecule has 0 aliphatic carbocycles. The lowest BCUT2D eigenvalue weighted by Crippen LogP contribution is -1.86. The summed E-state index contributed by atoms with van der Waals surface area (Å²) in [4.78, 5) is 0. The molecule has 98 valence electrons. The van der Waals surface area contributed by atoms with Crippen molar-refractivity contribution in [3.63, 3.8) is 0 Å². The molecule has 0 radical (unpaired) electrons. The van der Waals surface area contributed by atoms with Gasteiger partial charge in [-0.1, -0.05) is 60.7 Å². The lowest BCUT2D eigenvalue weighted by atomic mass is 9.99. The van der Waals surface area contributed by atoms with Gasteiger partial charge in [0.15, 0.2) is 0 Å². The number of aromatic hydroxyl groups is 1. The van der Waals surface area contributed by atoms with Crippen LogP contribution in [-0.4, -0.2) is 5.11 Å². The molecule has 0 aromatic heterocycles. The summed E-state index contributed by atoms with van der Waals surface area (Å²) in [7, 11) is 0. The van der Waals surface area contributed by atoms with Crippen molar-refractivity contribution in [3.8, 4) is 28.0 Å². The second kappa shape index (κ2) is 5.17. The minimum absolute atomic E-state index is 0.152. The number of para-hydroxylation sites is 1. The smallest absolute Gasteiger partial charge is 0.131 e. The molecule has 3 aromatic carbocycles. The van der Waals surface area contributed by atoms with Crippen molar-refractivity contribution in [1.29, 1.82) is 0 Å². The second-order valence-electron chi connectivity index (χ2n) is 4.58. The van der Waals surface area contributed by atoms with E-state index in [1.807, 2.05) is 42.5 Å². The first-order chi connectivity index (χ1) is 9.75. The summed E-state index contributed by atoms with van der Waals surface area (Å²) in [6, 6.07) is 21.4. The highest BCUT2D eigenvalue weighted by molar-refractivity contribution is 5.74. The van der Waals surface area contributed by atoms with Gasteiger partial charge in [0.25, 0.3) is 0 Å². The average Bonchev–Trinajstić information content (AvgIpc) is 2.48. The summed E-state index contributed by atoms with van der Waals surface area (Å²) in [6.45, 7) is 0. The molecule has 0 bridgehead atoms. The summed E-state index contributed by atoms with van der Waals surface area (Å²) in [5.74, 6) is -0.142. The zero-order valence-corrected chi connectivity index (χ0v) is 10.8. The summed E-state index contributed by atoms with van der Waals surface area (Å²) < 4.78 is 14.3. The molecule has 20 heavy (non-hydrogen) atoms. The summed E-state index contributed by atoms with van der Waals surface area (Å²) in [6.07, 6.45) is 0. The Morgan fingerprint density at radius 2 is 1.35 bits per heavy atom. The van der Waals surface area contributed by atoms with Crippen LogP contribution in [0.25, 0.3) is 22.3 Å². The predicted molar refractivity (Wildman–Crippen MR) is 78.9 cm³/mol. The van der Waals surface area contributed by atoms with E-state index < -0.39 is 0 Å². The molecule has 0 saturated heterocycles. The Labute approximate surface area is 117 Å². The van der Waals surface area contributed by atoms with Gasteiger partial charge in [-0.05, 0) is 23.3 Å². The van der Waals surface area contributed by atoms with Gasteiger partial charge in [-0.2, -0.15) is 0 Å². The maximum Gasteiger partial charge on any atom is 0.131 e. The first-order valence-electron chi connectivity index (χ1n) is 6.39. The molecule has 3 rings (SSSR count). The molecule has 0 saturated carbocycles. The number of phenols is 1. The molecule has 1 nitrogen and oxygen atoms in total. The average molecular weight is 264 g/mol. The van der Waals surface area contributed by atoms with Crippen LogP contribution in [0.4, 0.5) is 4.39 Å². The molecule has 1 N–H and O–H groups in total. The number of hydrogen-bond acceptors (Lipinski definition) is 1. The van der Waals surface area contributed by atoms with Crippen LogP contribution in [0.15, 0.2) is 72.8 Å². The van der Waals surface area contributed by atoms with Gasteiger partial charge in [0.05, 0.1) is 0 Å². The third-order valence-electron chi connectivity index (χ3n) is 3.27.